The van der Waals surface area contributed by atoms with Crippen molar-refractivity contribution in [3.05, 3.63) is 89.7 Å². The number of sulfonamides is 1. The molecule has 0 aliphatic carbocycles. The van der Waals surface area contributed by atoms with E-state index in [-0.39, 0.29) is 23.8 Å². The molecule has 0 bridgehead atoms. The van der Waals surface area contributed by atoms with Crippen molar-refractivity contribution in [1.82, 2.24) is 14.5 Å². The normalized spacial score (nSPS) is 12.6. The Morgan fingerprint density at radius 3 is 2.31 bits per heavy atom. The van der Waals surface area contributed by atoms with Gasteiger partial charge in [0, 0.05) is 25.1 Å². The molecule has 0 fully saturated rings. The third-order valence-corrected chi connectivity index (χ3v) is 9.29. The van der Waals surface area contributed by atoms with Crippen molar-refractivity contribution in [3.63, 3.8) is 0 Å². The van der Waals surface area contributed by atoms with E-state index in [1.54, 1.807) is 42.5 Å². The van der Waals surface area contributed by atoms with E-state index in [9.17, 15) is 18.6 Å². The zero-order valence-electron chi connectivity index (χ0n) is 24.1. The lowest BCUT2D eigenvalue weighted by atomic mass is 10.1. The Morgan fingerprint density at radius 1 is 1.00 bits per heavy atom. The third kappa shape index (κ3) is 7.16. The molecule has 42 heavy (non-hydrogen) atoms. The molecule has 1 heterocycles. The number of imidazole rings is 1. The number of nitrogens with one attached hydrogen (secondary N) is 1. The molecule has 1 unspecified atom stereocenters. The Labute approximate surface area is 247 Å². The Balaban J connectivity index is 1.72. The summed E-state index contributed by atoms with van der Waals surface area (Å²) in [7, 11) is -3.84. The number of aliphatic hydroxyl groups is 2. The van der Waals surface area contributed by atoms with E-state index < -0.39 is 22.7 Å². The first-order chi connectivity index (χ1) is 20.2. The molecule has 0 aliphatic heterocycles. The summed E-state index contributed by atoms with van der Waals surface area (Å²) in [5.41, 5.74) is 9.13. The first kappa shape index (κ1) is 31.2. The molecule has 224 valence electrons. The van der Waals surface area contributed by atoms with Crippen LogP contribution >= 0.6 is 0 Å². The van der Waals surface area contributed by atoms with Crippen molar-refractivity contribution < 1.29 is 18.6 Å². The Hall–Kier alpha value is -3.77. The molecule has 1 atom stereocenters. The number of benzene rings is 3. The number of hydrogen-bond donors (Lipinski definition) is 4. The second-order valence-electron chi connectivity index (χ2n) is 10.2. The van der Waals surface area contributed by atoms with Gasteiger partial charge < -0.3 is 25.4 Å². The number of aromatic nitrogens is 2. The van der Waals surface area contributed by atoms with Crippen LogP contribution in [-0.2, 0) is 29.4 Å². The number of likely N-dealkylation sites (N-methyl/N-ethyl adjacent to an activating group) is 1. The molecular weight excluding hydrogens is 552 g/mol. The number of rotatable bonds is 15. The molecule has 0 saturated carbocycles. The van der Waals surface area contributed by atoms with Gasteiger partial charge in [-0.15, -0.1) is 0 Å². The fourth-order valence-electron chi connectivity index (χ4n) is 4.97. The van der Waals surface area contributed by atoms with E-state index in [0.717, 1.165) is 24.2 Å². The van der Waals surface area contributed by atoms with Crippen LogP contribution in [0.4, 0.5) is 5.69 Å². The van der Waals surface area contributed by atoms with E-state index in [2.05, 4.69) is 18.7 Å². The number of aliphatic hydroxyl groups excluding tert-OH is 2. The summed E-state index contributed by atoms with van der Waals surface area (Å²) in [6, 6.07) is 21.3. The summed E-state index contributed by atoms with van der Waals surface area (Å²) in [5, 5.41) is 27.4. The Bertz CT molecular complexity index is 1590. The van der Waals surface area contributed by atoms with Gasteiger partial charge in [-0.05, 0) is 55.4 Å². The minimum Gasteiger partial charge on any atom is -0.394 e. The maximum atomic E-state index is 13.8. The monoisotopic (exact) mass is 592 g/mol. The molecule has 0 radical (unpaired) electrons. The van der Waals surface area contributed by atoms with Crippen LogP contribution in [0.3, 0.4) is 0 Å². The van der Waals surface area contributed by atoms with Gasteiger partial charge >= 0.3 is 0 Å². The molecule has 0 saturated heterocycles. The molecule has 5 N–H and O–H groups in total. The molecule has 10 nitrogen and oxygen atoms in total. The summed E-state index contributed by atoms with van der Waals surface area (Å²) in [4.78, 5) is 7.27. The highest BCUT2D eigenvalue weighted by Gasteiger charge is 2.26. The first-order valence-corrected chi connectivity index (χ1v) is 15.6. The minimum atomic E-state index is -3.84. The van der Waals surface area contributed by atoms with Gasteiger partial charge in [-0.25, -0.2) is 13.4 Å². The lowest BCUT2D eigenvalue weighted by Gasteiger charge is -2.27. The van der Waals surface area contributed by atoms with Crippen molar-refractivity contribution >= 4 is 32.6 Å². The third-order valence-electron chi connectivity index (χ3n) is 7.45. The van der Waals surface area contributed by atoms with Crippen LogP contribution < -0.4 is 10.0 Å². The van der Waals surface area contributed by atoms with Gasteiger partial charge in [-0.1, -0.05) is 56.3 Å². The number of hydrogen-bond acceptors (Lipinski definition) is 7. The quantitative estimate of drug-likeness (QED) is 0.122. The van der Waals surface area contributed by atoms with Gasteiger partial charge in [0.2, 0.25) is 0 Å². The van der Waals surface area contributed by atoms with E-state index >= 15 is 0 Å². The van der Waals surface area contributed by atoms with Crippen molar-refractivity contribution in [3.8, 4) is 0 Å². The van der Waals surface area contributed by atoms with Gasteiger partial charge in [-0.2, -0.15) is 0 Å². The number of nitrogens with zero attached hydrogens (tertiary/aromatic N) is 4. The number of anilines is 1. The first-order valence-electron chi connectivity index (χ1n) is 14.2. The summed E-state index contributed by atoms with van der Waals surface area (Å²) in [5.74, 6) is 0.725. The lowest BCUT2D eigenvalue weighted by molar-refractivity contribution is 0.0814. The number of nitrogens with two attached hydrogens (primary N) is 1. The van der Waals surface area contributed by atoms with Crippen LogP contribution in [0, 0.1) is 5.41 Å². The van der Waals surface area contributed by atoms with Crippen LogP contribution in [0.15, 0.2) is 77.7 Å². The fourth-order valence-corrected chi connectivity index (χ4v) is 6.44. The van der Waals surface area contributed by atoms with E-state index in [1.165, 1.54) is 4.31 Å². The minimum absolute atomic E-state index is 0.0116. The standard InChI is InChI=1S/C31H40N6O4S/c1-3-35(4-2)18-19-37(42(40,41)27-8-6-5-7-9-27)25-15-16-29-28(20-25)34-30(36(29)21-26(39)22-38)17-12-23-10-13-24(14-11-23)31(32)33/h5-11,13-16,20,26,38-39H,3-4,12,17-19,21-22H2,1-2H3,(H3,32,33). The number of aryl methyl sites for hydroxylation is 2. The van der Waals surface area contributed by atoms with Crippen molar-refractivity contribution in [2.24, 2.45) is 5.73 Å². The van der Waals surface area contributed by atoms with Gasteiger partial charge in [0.05, 0.1) is 40.9 Å². The highest BCUT2D eigenvalue weighted by Crippen LogP contribution is 2.28. The highest BCUT2D eigenvalue weighted by molar-refractivity contribution is 7.92. The van der Waals surface area contributed by atoms with Crippen molar-refractivity contribution in [2.75, 3.05) is 37.1 Å². The maximum Gasteiger partial charge on any atom is 0.264 e. The predicted octanol–water partition coefficient (Wildman–Crippen LogP) is 3.00. The number of fused-ring (bicyclic) bond motifs is 1. The van der Waals surface area contributed by atoms with Crippen molar-refractivity contribution in [2.45, 2.75) is 44.2 Å². The molecule has 0 amide bonds. The molecule has 1 aromatic heterocycles. The highest BCUT2D eigenvalue weighted by atomic mass is 32.2. The van der Waals surface area contributed by atoms with Gasteiger partial charge in [0.15, 0.2) is 0 Å². The lowest BCUT2D eigenvalue weighted by Crippen LogP contribution is -2.38. The fraction of sp³-hybridized carbons (Fsp3) is 0.355. The van der Waals surface area contributed by atoms with Crippen LogP contribution in [0.1, 0.15) is 30.8 Å². The summed E-state index contributed by atoms with van der Waals surface area (Å²) < 4.78 is 31.0. The average molecular weight is 593 g/mol. The van der Waals surface area contributed by atoms with Crippen molar-refractivity contribution in [1.29, 1.82) is 5.41 Å². The molecular formula is C31H40N6O4S. The summed E-state index contributed by atoms with van der Waals surface area (Å²) in [6.45, 7) is 6.34. The second-order valence-corrected chi connectivity index (χ2v) is 12.0. The second kappa shape index (κ2) is 13.9. The van der Waals surface area contributed by atoms with Gasteiger partial charge in [0.25, 0.3) is 10.0 Å². The maximum absolute atomic E-state index is 13.8. The van der Waals surface area contributed by atoms with E-state index in [1.807, 2.05) is 34.9 Å². The molecule has 4 aromatic rings. The average Bonchev–Trinajstić information content (AvgIpc) is 3.34. The molecule has 11 heteroatoms. The number of amidine groups is 1. The van der Waals surface area contributed by atoms with Gasteiger partial charge in [-0.3, -0.25) is 9.71 Å². The van der Waals surface area contributed by atoms with E-state index in [0.29, 0.717) is 42.0 Å². The van der Waals surface area contributed by atoms with Crippen LogP contribution in [0.5, 0.6) is 0 Å². The predicted molar refractivity (Wildman–Crippen MR) is 166 cm³/mol. The summed E-state index contributed by atoms with van der Waals surface area (Å²) in [6.07, 6.45) is 0.233. The largest absolute Gasteiger partial charge is 0.394 e. The molecule has 3 aromatic carbocycles. The van der Waals surface area contributed by atoms with Crippen LogP contribution in [0.25, 0.3) is 11.0 Å². The number of nitrogen functional groups attached to an aromatic ring is 1. The smallest absolute Gasteiger partial charge is 0.264 e. The molecule has 0 spiro atoms. The molecule has 4 rings (SSSR count). The molecule has 0 aliphatic rings. The SMILES string of the molecule is CCN(CC)CCN(c1ccc2c(c1)nc(CCc1ccc(C(=N)N)cc1)n2CC(O)CO)S(=O)(=O)c1ccccc1. The van der Waals surface area contributed by atoms with Crippen LogP contribution in [0.2, 0.25) is 0 Å². The summed E-state index contributed by atoms with van der Waals surface area (Å²) >= 11 is 0. The zero-order chi connectivity index (χ0) is 30.3. The Kier molecular flexibility index (Phi) is 10.3. The van der Waals surface area contributed by atoms with E-state index in [4.69, 9.17) is 16.1 Å². The Morgan fingerprint density at radius 2 is 1.69 bits per heavy atom. The van der Waals surface area contributed by atoms with Crippen LogP contribution in [-0.4, -0.2) is 77.8 Å². The van der Waals surface area contributed by atoms with Gasteiger partial charge in [0.1, 0.15) is 11.7 Å². The zero-order valence-corrected chi connectivity index (χ0v) is 25.0. The topological polar surface area (TPSA) is 149 Å².